The number of anilines is 1. The van der Waals surface area contributed by atoms with E-state index in [-0.39, 0.29) is 17.5 Å². The van der Waals surface area contributed by atoms with E-state index in [1.807, 2.05) is 0 Å². The second-order valence-electron chi connectivity index (χ2n) is 8.37. The SMILES string of the molecule is CC(CF)(c1cc(NC(=O)c2csc3c2CCN(C(=O)c2cnn4ccncc24)C3)no1)C(F)F. The Labute approximate surface area is 200 Å². The summed E-state index contributed by atoms with van der Waals surface area (Å²) in [5.74, 6) is -1.10. The summed E-state index contributed by atoms with van der Waals surface area (Å²) >= 11 is 1.35. The van der Waals surface area contributed by atoms with Gasteiger partial charge in [-0.3, -0.25) is 14.6 Å². The van der Waals surface area contributed by atoms with E-state index in [1.54, 1.807) is 33.4 Å². The number of rotatable bonds is 6. The summed E-state index contributed by atoms with van der Waals surface area (Å²) in [5.41, 5.74) is 0.121. The zero-order valence-corrected chi connectivity index (χ0v) is 19.2. The van der Waals surface area contributed by atoms with E-state index in [4.69, 9.17) is 4.52 Å². The molecule has 1 atom stereocenters. The van der Waals surface area contributed by atoms with Crippen LogP contribution in [0.25, 0.3) is 5.52 Å². The molecular formula is C22H19F3N6O3S. The van der Waals surface area contributed by atoms with Gasteiger partial charge in [-0.05, 0) is 18.9 Å². The lowest BCUT2D eigenvalue weighted by molar-refractivity contribution is 0.0281. The van der Waals surface area contributed by atoms with Crippen molar-refractivity contribution in [1.29, 1.82) is 0 Å². The molecule has 4 aromatic heterocycles. The van der Waals surface area contributed by atoms with Crippen LogP contribution in [0.4, 0.5) is 19.0 Å². The highest BCUT2D eigenvalue weighted by atomic mass is 32.1. The van der Waals surface area contributed by atoms with Gasteiger partial charge in [-0.1, -0.05) is 5.16 Å². The van der Waals surface area contributed by atoms with Gasteiger partial charge in [-0.25, -0.2) is 17.7 Å². The van der Waals surface area contributed by atoms with Gasteiger partial charge in [0.15, 0.2) is 11.6 Å². The molecule has 4 aromatic rings. The van der Waals surface area contributed by atoms with Gasteiger partial charge in [0.25, 0.3) is 18.2 Å². The molecule has 1 aliphatic rings. The van der Waals surface area contributed by atoms with Crippen LogP contribution in [0, 0.1) is 0 Å². The average Bonchev–Trinajstić information content (AvgIpc) is 3.60. The maximum absolute atomic E-state index is 13.3. The predicted octanol–water partition coefficient (Wildman–Crippen LogP) is 3.72. The Balaban J connectivity index is 1.30. The largest absolute Gasteiger partial charge is 0.358 e. The average molecular weight is 504 g/mol. The number of halogens is 3. The number of alkyl halides is 3. The Morgan fingerprint density at radius 3 is 2.91 bits per heavy atom. The van der Waals surface area contributed by atoms with Crippen molar-refractivity contribution in [2.45, 2.75) is 31.7 Å². The Bertz CT molecular complexity index is 1420. The van der Waals surface area contributed by atoms with Crippen LogP contribution < -0.4 is 5.32 Å². The van der Waals surface area contributed by atoms with Crippen LogP contribution in [0.5, 0.6) is 0 Å². The topological polar surface area (TPSA) is 106 Å². The molecule has 9 nitrogen and oxygen atoms in total. The minimum absolute atomic E-state index is 0.0837. The Morgan fingerprint density at radius 1 is 1.31 bits per heavy atom. The molecule has 0 bridgehead atoms. The zero-order chi connectivity index (χ0) is 24.7. The predicted molar refractivity (Wildman–Crippen MR) is 120 cm³/mol. The molecule has 2 amide bonds. The van der Waals surface area contributed by atoms with Gasteiger partial charge in [-0.15, -0.1) is 11.3 Å². The Hall–Kier alpha value is -3.74. The van der Waals surface area contributed by atoms with Gasteiger partial charge in [0.05, 0.1) is 35.6 Å². The number of nitrogens with zero attached hydrogens (tertiary/aromatic N) is 5. The molecule has 1 aliphatic heterocycles. The summed E-state index contributed by atoms with van der Waals surface area (Å²) in [6, 6.07) is 1.11. The summed E-state index contributed by atoms with van der Waals surface area (Å²) < 4.78 is 46.2. The first-order chi connectivity index (χ1) is 16.8. The normalized spacial score (nSPS) is 15.3. The molecule has 0 saturated heterocycles. The van der Waals surface area contributed by atoms with E-state index < -0.39 is 24.4 Å². The van der Waals surface area contributed by atoms with Crippen LogP contribution in [0.3, 0.4) is 0 Å². The molecule has 0 aromatic carbocycles. The number of aromatic nitrogens is 4. The molecule has 5 rings (SSSR count). The van der Waals surface area contributed by atoms with Crippen molar-refractivity contribution < 1.29 is 27.3 Å². The smallest absolute Gasteiger partial charge is 0.258 e. The molecule has 0 fully saturated rings. The molecule has 182 valence electrons. The molecule has 35 heavy (non-hydrogen) atoms. The van der Waals surface area contributed by atoms with Crippen molar-refractivity contribution >= 4 is 34.5 Å². The molecule has 1 unspecified atom stereocenters. The maximum Gasteiger partial charge on any atom is 0.258 e. The lowest BCUT2D eigenvalue weighted by Gasteiger charge is -2.27. The molecule has 0 spiro atoms. The van der Waals surface area contributed by atoms with Crippen LogP contribution in [-0.4, -0.2) is 56.1 Å². The van der Waals surface area contributed by atoms with E-state index in [1.165, 1.54) is 17.5 Å². The van der Waals surface area contributed by atoms with Crippen molar-refractivity contribution in [3.63, 3.8) is 0 Å². The van der Waals surface area contributed by atoms with E-state index >= 15 is 0 Å². The first-order valence-electron chi connectivity index (χ1n) is 10.6. The molecule has 0 radical (unpaired) electrons. The van der Waals surface area contributed by atoms with Crippen LogP contribution >= 0.6 is 11.3 Å². The standard InChI is InChI=1S/C22H19F3N6O3S/c1-22(11-23,21(24)25)17-6-18(29-34-17)28-19(32)14-10-35-16-9-30(4-2-12(14)16)20(33)13-7-27-31-5-3-26-8-15(13)31/h3,5-8,10,21H,2,4,9,11H2,1H3,(H,28,29,32). The summed E-state index contributed by atoms with van der Waals surface area (Å²) in [6.45, 7) is 0.417. The summed E-state index contributed by atoms with van der Waals surface area (Å²) in [7, 11) is 0. The van der Waals surface area contributed by atoms with Crippen LogP contribution in [-0.2, 0) is 18.4 Å². The van der Waals surface area contributed by atoms with E-state index in [0.29, 0.717) is 36.2 Å². The third kappa shape index (κ3) is 3.95. The molecule has 0 saturated carbocycles. The molecule has 0 aliphatic carbocycles. The second kappa shape index (κ2) is 8.80. The number of thiophene rings is 1. The number of nitrogens with one attached hydrogen (secondary N) is 1. The second-order valence-corrected chi connectivity index (χ2v) is 9.34. The third-order valence-electron chi connectivity index (χ3n) is 6.11. The maximum atomic E-state index is 13.3. The summed E-state index contributed by atoms with van der Waals surface area (Å²) in [6.07, 6.45) is 3.79. The fourth-order valence-corrected chi connectivity index (χ4v) is 4.97. The molecule has 5 heterocycles. The minimum atomic E-state index is -3.00. The van der Waals surface area contributed by atoms with E-state index in [9.17, 15) is 22.8 Å². The number of carbonyl (C=O) groups is 2. The number of hydrogen-bond acceptors (Lipinski definition) is 7. The Morgan fingerprint density at radius 2 is 2.14 bits per heavy atom. The number of fused-ring (bicyclic) bond motifs is 2. The van der Waals surface area contributed by atoms with Crippen LogP contribution in [0.2, 0.25) is 0 Å². The monoisotopic (exact) mass is 504 g/mol. The number of hydrogen-bond donors (Lipinski definition) is 1. The van der Waals surface area contributed by atoms with Crippen molar-refractivity contribution in [3.8, 4) is 0 Å². The highest BCUT2D eigenvalue weighted by Crippen LogP contribution is 2.34. The fraction of sp³-hybridized carbons (Fsp3) is 0.318. The van der Waals surface area contributed by atoms with Crippen LogP contribution in [0.15, 0.2) is 40.8 Å². The van der Waals surface area contributed by atoms with Crippen molar-refractivity contribution in [1.82, 2.24) is 24.7 Å². The van der Waals surface area contributed by atoms with Gasteiger partial charge in [0.2, 0.25) is 0 Å². The van der Waals surface area contributed by atoms with Gasteiger partial charge in [0.1, 0.15) is 12.1 Å². The van der Waals surface area contributed by atoms with Crippen molar-refractivity contribution in [2.24, 2.45) is 0 Å². The molecule has 1 N–H and O–H groups in total. The van der Waals surface area contributed by atoms with E-state index in [0.717, 1.165) is 23.4 Å². The van der Waals surface area contributed by atoms with E-state index in [2.05, 4.69) is 20.6 Å². The van der Waals surface area contributed by atoms with Gasteiger partial charge in [-0.2, -0.15) is 5.10 Å². The van der Waals surface area contributed by atoms with Crippen LogP contribution in [0.1, 0.15) is 43.8 Å². The van der Waals surface area contributed by atoms with Crippen molar-refractivity contribution in [3.05, 3.63) is 63.6 Å². The first-order valence-corrected chi connectivity index (χ1v) is 11.5. The Kier molecular flexibility index (Phi) is 5.79. The third-order valence-corrected chi connectivity index (χ3v) is 7.12. The lowest BCUT2D eigenvalue weighted by Crippen LogP contribution is -2.35. The quantitative estimate of drug-likeness (QED) is 0.429. The fourth-order valence-electron chi connectivity index (χ4n) is 3.88. The van der Waals surface area contributed by atoms with Gasteiger partial charge < -0.3 is 14.7 Å². The summed E-state index contributed by atoms with van der Waals surface area (Å²) in [4.78, 5) is 32.6. The highest BCUT2D eigenvalue weighted by molar-refractivity contribution is 7.10. The summed E-state index contributed by atoms with van der Waals surface area (Å²) in [5, 5.41) is 12.0. The van der Waals surface area contributed by atoms with Gasteiger partial charge >= 0.3 is 0 Å². The highest BCUT2D eigenvalue weighted by Gasteiger charge is 2.41. The molecule has 13 heteroatoms. The number of carbonyl (C=O) groups excluding carboxylic acids is 2. The van der Waals surface area contributed by atoms with Crippen molar-refractivity contribution in [2.75, 3.05) is 18.5 Å². The van der Waals surface area contributed by atoms with Gasteiger partial charge in [0, 0.05) is 35.3 Å². The minimum Gasteiger partial charge on any atom is -0.358 e. The number of amides is 2. The lowest BCUT2D eigenvalue weighted by atomic mass is 9.90. The first kappa shape index (κ1) is 23.0. The zero-order valence-electron chi connectivity index (χ0n) is 18.4. The molecular weight excluding hydrogens is 485 g/mol.